The standard InChI is InChI=1S/C18H19F3N4O4/c1-27-6-7-28-17-24-15(12-9-22-23-10-12)8-16(26)25(17)13-2-4-14(5-3-13)29-11-18(19,20)21/h2-5,8-9,12,23H,6-7,10-11H2,1H3. The van der Waals surface area contributed by atoms with E-state index >= 15 is 0 Å². The highest BCUT2D eigenvalue weighted by molar-refractivity contribution is 5.68. The van der Waals surface area contributed by atoms with E-state index in [2.05, 4.69) is 15.5 Å². The van der Waals surface area contributed by atoms with Gasteiger partial charge in [-0.2, -0.15) is 18.3 Å². The molecule has 1 atom stereocenters. The van der Waals surface area contributed by atoms with Crippen LogP contribution in [-0.2, 0) is 4.74 Å². The number of hydrogen-bond donors (Lipinski definition) is 1. The van der Waals surface area contributed by atoms with E-state index in [4.69, 9.17) is 14.2 Å². The van der Waals surface area contributed by atoms with Crippen molar-refractivity contribution in [1.82, 2.24) is 15.0 Å². The number of rotatable bonds is 8. The normalized spacial score (nSPS) is 15.9. The number of hydrazone groups is 1. The molecule has 1 aromatic heterocycles. The topological polar surface area (TPSA) is 87.0 Å². The average Bonchev–Trinajstić information content (AvgIpc) is 3.21. The maximum absolute atomic E-state index is 12.8. The van der Waals surface area contributed by atoms with Crippen LogP contribution in [0.4, 0.5) is 13.2 Å². The largest absolute Gasteiger partial charge is 0.484 e. The number of hydrogen-bond acceptors (Lipinski definition) is 7. The molecule has 0 spiro atoms. The van der Waals surface area contributed by atoms with Gasteiger partial charge < -0.3 is 19.6 Å². The van der Waals surface area contributed by atoms with Gasteiger partial charge in [-0.05, 0) is 24.3 Å². The smallest absolute Gasteiger partial charge is 0.422 e. The van der Waals surface area contributed by atoms with Crippen molar-refractivity contribution in [1.29, 1.82) is 0 Å². The van der Waals surface area contributed by atoms with Crippen molar-refractivity contribution >= 4 is 6.21 Å². The van der Waals surface area contributed by atoms with Gasteiger partial charge in [0.25, 0.3) is 5.56 Å². The fourth-order valence-corrected chi connectivity index (χ4v) is 2.60. The summed E-state index contributed by atoms with van der Waals surface area (Å²) < 4.78 is 53.4. The Morgan fingerprint density at radius 2 is 1.97 bits per heavy atom. The molecule has 1 N–H and O–H groups in total. The highest BCUT2D eigenvalue weighted by atomic mass is 19.4. The maximum atomic E-state index is 12.8. The van der Waals surface area contributed by atoms with Crippen LogP contribution in [0.3, 0.4) is 0 Å². The molecular formula is C18H19F3N4O4. The first kappa shape index (κ1) is 20.6. The Labute approximate surface area is 163 Å². The van der Waals surface area contributed by atoms with Crippen LogP contribution >= 0.6 is 0 Å². The lowest BCUT2D eigenvalue weighted by molar-refractivity contribution is -0.153. The Kier molecular flexibility index (Phi) is 6.37. The van der Waals surface area contributed by atoms with Gasteiger partial charge in [-0.15, -0.1) is 0 Å². The van der Waals surface area contributed by atoms with E-state index in [9.17, 15) is 18.0 Å². The number of benzene rings is 1. The second-order valence-corrected chi connectivity index (χ2v) is 6.12. The molecule has 1 unspecified atom stereocenters. The molecule has 0 radical (unpaired) electrons. The molecule has 2 aromatic rings. The van der Waals surface area contributed by atoms with Crippen molar-refractivity contribution in [3.8, 4) is 17.4 Å². The molecule has 0 amide bonds. The van der Waals surface area contributed by atoms with Crippen LogP contribution in [0.1, 0.15) is 11.6 Å². The van der Waals surface area contributed by atoms with Crippen molar-refractivity contribution in [2.45, 2.75) is 12.1 Å². The minimum Gasteiger partial charge on any atom is -0.484 e. The summed E-state index contributed by atoms with van der Waals surface area (Å²) in [6.45, 7) is -0.433. The Balaban J connectivity index is 1.90. The molecule has 0 saturated heterocycles. The van der Waals surface area contributed by atoms with E-state index in [0.29, 0.717) is 17.9 Å². The Morgan fingerprint density at radius 3 is 2.59 bits per heavy atom. The fraction of sp³-hybridized carbons (Fsp3) is 0.389. The molecular weight excluding hydrogens is 393 g/mol. The summed E-state index contributed by atoms with van der Waals surface area (Å²) in [5, 5.41) is 3.92. The van der Waals surface area contributed by atoms with Crippen molar-refractivity contribution in [2.75, 3.05) is 33.5 Å². The van der Waals surface area contributed by atoms with Crippen molar-refractivity contribution in [2.24, 2.45) is 5.10 Å². The van der Waals surface area contributed by atoms with Crippen LogP contribution in [0.15, 0.2) is 40.2 Å². The summed E-state index contributed by atoms with van der Waals surface area (Å²) in [6.07, 6.45) is -2.78. The number of nitrogens with one attached hydrogen (secondary N) is 1. The molecule has 1 aliphatic rings. The van der Waals surface area contributed by atoms with Gasteiger partial charge in [-0.3, -0.25) is 4.79 Å². The zero-order chi connectivity index (χ0) is 20.9. The van der Waals surface area contributed by atoms with Crippen LogP contribution in [0.25, 0.3) is 5.69 Å². The molecule has 0 saturated carbocycles. The zero-order valence-corrected chi connectivity index (χ0v) is 15.5. The van der Waals surface area contributed by atoms with E-state index in [-0.39, 0.29) is 30.9 Å². The first-order valence-corrected chi connectivity index (χ1v) is 8.69. The highest BCUT2D eigenvalue weighted by Gasteiger charge is 2.28. The monoisotopic (exact) mass is 412 g/mol. The summed E-state index contributed by atoms with van der Waals surface area (Å²) in [5.41, 5.74) is 3.28. The lowest BCUT2D eigenvalue weighted by atomic mass is 10.1. The molecule has 0 bridgehead atoms. The van der Waals surface area contributed by atoms with Crippen molar-refractivity contribution < 1.29 is 27.4 Å². The Morgan fingerprint density at radius 1 is 1.21 bits per heavy atom. The molecule has 3 rings (SSSR count). The van der Waals surface area contributed by atoms with E-state index in [1.807, 2.05) is 0 Å². The van der Waals surface area contributed by atoms with E-state index < -0.39 is 18.3 Å². The maximum Gasteiger partial charge on any atom is 0.422 e. The second-order valence-electron chi connectivity index (χ2n) is 6.12. The summed E-state index contributed by atoms with van der Waals surface area (Å²) in [6, 6.07) is 7.02. The highest BCUT2D eigenvalue weighted by Crippen LogP contribution is 2.22. The predicted octanol–water partition coefficient (Wildman–Crippen LogP) is 1.87. The minimum absolute atomic E-state index is 0.0267. The average molecular weight is 412 g/mol. The number of nitrogens with zero attached hydrogens (tertiary/aromatic N) is 3. The molecule has 156 valence electrons. The molecule has 1 aromatic carbocycles. The van der Waals surface area contributed by atoms with Gasteiger partial charge >= 0.3 is 12.2 Å². The van der Waals surface area contributed by atoms with Gasteiger partial charge in [-0.1, -0.05) is 0 Å². The molecule has 11 heteroatoms. The number of aromatic nitrogens is 2. The van der Waals surface area contributed by atoms with E-state index in [0.717, 1.165) is 0 Å². The van der Waals surface area contributed by atoms with Crippen LogP contribution < -0.4 is 20.5 Å². The molecule has 8 nitrogen and oxygen atoms in total. The fourth-order valence-electron chi connectivity index (χ4n) is 2.60. The Bertz CT molecular complexity index is 913. The number of alkyl halides is 3. The van der Waals surface area contributed by atoms with E-state index in [1.54, 1.807) is 6.21 Å². The second kappa shape index (κ2) is 8.95. The van der Waals surface area contributed by atoms with Gasteiger partial charge in [0.2, 0.25) is 0 Å². The quantitative estimate of drug-likeness (QED) is 0.667. The van der Waals surface area contributed by atoms with Crippen molar-refractivity contribution in [3.63, 3.8) is 0 Å². The third kappa shape index (κ3) is 5.47. The summed E-state index contributed by atoms with van der Waals surface area (Å²) >= 11 is 0. The first-order chi connectivity index (χ1) is 13.9. The lowest BCUT2D eigenvalue weighted by Gasteiger charge is -2.16. The number of ether oxygens (including phenoxy) is 3. The van der Waals surface area contributed by atoms with E-state index in [1.165, 1.54) is 42.0 Å². The summed E-state index contributed by atoms with van der Waals surface area (Å²) in [7, 11) is 1.51. The predicted molar refractivity (Wildman–Crippen MR) is 98.0 cm³/mol. The summed E-state index contributed by atoms with van der Waals surface area (Å²) in [4.78, 5) is 17.2. The lowest BCUT2D eigenvalue weighted by Crippen LogP contribution is -2.25. The van der Waals surface area contributed by atoms with Crippen molar-refractivity contribution in [3.05, 3.63) is 46.4 Å². The van der Waals surface area contributed by atoms with Gasteiger partial charge in [-0.25, -0.2) is 9.55 Å². The molecule has 0 aliphatic carbocycles. The molecule has 2 heterocycles. The first-order valence-electron chi connectivity index (χ1n) is 8.69. The zero-order valence-electron chi connectivity index (χ0n) is 15.5. The van der Waals surface area contributed by atoms with Gasteiger partial charge in [0.05, 0.1) is 23.9 Å². The van der Waals surface area contributed by atoms with Gasteiger partial charge in [0.1, 0.15) is 12.4 Å². The van der Waals surface area contributed by atoms with Gasteiger partial charge in [0, 0.05) is 25.9 Å². The number of halogens is 3. The van der Waals surface area contributed by atoms with Crippen LogP contribution in [0.2, 0.25) is 0 Å². The minimum atomic E-state index is -4.43. The Hall–Kier alpha value is -3.08. The third-order valence-corrected chi connectivity index (χ3v) is 3.96. The van der Waals surface area contributed by atoms with Crippen LogP contribution in [0.5, 0.6) is 11.8 Å². The van der Waals surface area contributed by atoms with Gasteiger partial charge in [0.15, 0.2) is 6.61 Å². The molecule has 1 aliphatic heterocycles. The van der Waals surface area contributed by atoms with Crippen LogP contribution in [0, 0.1) is 0 Å². The number of methoxy groups -OCH3 is 1. The summed E-state index contributed by atoms with van der Waals surface area (Å²) in [5.74, 6) is -0.140. The SMILES string of the molecule is COCCOc1nc(C2C=NNC2)cc(=O)n1-c1ccc(OCC(F)(F)F)cc1. The molecule has 29 heavy (non-hydrogen) atoms. The van der Waals surface area contributed by atoms with Crippen LogP contribution in [-0.4, -0.2) is 55.4 Å². The third-order valence-electron chi connectivity index (χ3n) is 3.96. The molecule has 0 fully saturated rings.